The number of aliphatic carboxylic acids is 1. The highest BCUT2D eigenvalue weighted by Crippen LogP contribution is 2.67. The van der Waals surface area contributed by atoms with Gasteiger partial charge in [0.25, 0.3) is 5.91 Å². The number of nitrogens with one attached hydrogen (secondary N) is 1. The number of imidazole rings is 1. The van der Waals surface area contributed by atoms with Crippen LogP contribution in [0.4, 0.5) is 5.69 Å². The Hall–Kier alpha value is -5.79. The molecule has 17 heteroatoms. The van der Waals surface area contributed by atoms with Gasteiger partial charge >= 0.3 is 11.9 Å². The van der Waals surface area contributed by atoms with E-state index in [2.05, 4.69) is 9.97 Å². The molecule has 8 rings (SSSR count). The van der Waals surface area contributed by atoms with E-state index in [1.807, 2.05) is 6.07 Å². The predicted molar refractivity (Wildman–Crippen MR) is 224 cm³/mol. The van der Waals surface area contributed by atoms with E-state index in [9.17, 15) is 55.9 Å². The van der Waals surface area contributed by atoms with E-state index in [1.54, 1.807) is 42.6 Å². The molecular formula is C46H51N3O14. The number of H-pyrrole nitrogens is 1. The summed E-state index contributed by atoms with van der Waals surface area (Å²) < 4.78 is 11.0. The molecule has 1 saturated carbocycles. The molecule has 2 fully saturated rings. The number of nitrogens with zero attached hydrogens (tertiary/aromatic N) is 2. The molecule has 11 N–H and O–H groups in total. The Morgan fingerprint density at radius 3 is 2.38 bits per heavy atom. The zero-order valence-electron chi connectivity index (χ0n) is 34.1. The van der Waals surface area contributed by atoms with E-state index < -0.39 is 83.2 Å². The van der Waals surface area contributed by atoms with Crippen LogP contribution in [0.1, 0.15) is 78.8 Å². The van der Waals surface area contributed by atoms with Crippen LogP contribution >= 0.6 is 0 Å². The number of hydrogen-bond donors (Lipinski definition) is 11. The SMILES string of the molecule is O=C(/C=C/c1ccc(O)c(Cc2cnc[nH]2)c1)N1c2cc(O[C@]3(O)O[C@H](CO)[C@@H](O)[C@H](O)[C@H]3O)c(O)cc2[C@H]2[C@H](C3(c4ccccc4O)CCCCC3)C(CCCO)=C[C@]21C(=O)O. The van der Waals surface area contributed by atoms with Gasteiger partial charge in [0.05, 0.1) is 18.6 Å². The van der Waals surface area contributed by atoms with Crippen LogP contribution < -0.4 is 9.64 Å². The lowest BCUT2D eigenvalue weighted by Crippen LogP contribution is -2.67. The van der Waals surface area contributed by atoms with Crippen LogP contribution in [0.2, 0.25) is 0 Å². The number of aromatic nitrogens is 2. The van der Waals surface area contributed by atoms with Gasteiger partial charge in [0.1, 0.15) is 29.8 Å². The molecule has 3 heterocycles. The summed E-state index contributed by atoms with van der Waals surface area (Å²) in [4.78, 5) is 37.4. The number of benzene rings is 3. The number of aromatic hydroxyl groups is 3. The molecule has 4 aromatic rings. The number of carboxylic acids is 1. The summed E-state index contributed by atoms with van der Waals surface area (Å²) in [5, 5.41) is 109. The summed E-state index contributed by atoms with van der Waals surface area (Å²) in [6, 6.07) is 13.9. The number of hydrogen-bond acceptors (Lipinski definition) is 14. The number of para-hydroxylation sites is 1. The largest absolute Gasteiger partial charge is 0.508 e. The second-order valence-electron chi connectivity index (χ2n) is 16.9. The highest BCUT2D eigenvalue weighted by Gasteiger charge is 2.68. The topological polar surface area (TPSA) is 287 Å². The molecule has 2 aliphatic heterocycles. The average Bonchev–Trinajstić information content (AvgIpc) is 3.98. The lowest BCUT2D eigenvalue weighted by Gasteiger charge is -2.47. The predicted octanol–water partition coefficient (Wildman–Crippen LogP) is 2.81. The minimum atomic E-state index is -3.17. The number of rotatable bonds is 13. The summed E-state index contributed by atoms with van der Waals surface area (Å²) in [7, 11) is 0. The molecule has 0 radical (unpaired) electrons. The number of carbonyl (C=O) groups excluding carboxylic acids is 1. The number of fused-ring (bicyclic) bond motifs is 3. The number of carbonyl (C=O) groups is 2. The first kappa shape index (κ1) is 43.8. The van der Waals surface area contributed by atoms with E-state index in [-0.39, 0.29) is 42.2 Å². The number of aliphatic hydroxyl groups is 6. The molecule has 8 atom stereocenters. The van der Waals surface area contributed by atoms with Crippen molar-refractivity contribution >= 4 is 23.6 Å². The molecule has 334 valence electrons. The summed E-state index contributed by atoms with van der Waals surface area (Å²) in [6.07, 6.45) is 3.64. The molecule has 3 aromatic carbocycles. The number of phenolic OH excluding ortho intramolecular Hbond substituents is 3. The van der Waals surface area contributed by atoms with Crippen molar-refractivity contribution in [3.8, 4) is 23.0 Å². The third-order valence-electron chi connectivity index (χ3n) is 13.3. The van der Waals surface area contributed by atoms with Crippen molar-refractivity contribution in [1.29, 1.82) is 0 Å². The molecular weight excluding hydrogens is 819 g/mol. The van der Waals surface area contributed by atoms with Crippen LogP contribution in [0.5, 0.6) is 23.0 Å². The minimum absolute atomic E-state index is 0.00116. The molecule has 63 heavy (non-hydrogen) atoms. The average molecular weight is 870 g/mol. The van der Waals surface area contributed by atoms with Gasteiger partial charge in [-0.2, -0.15) is 0 Å². The quantitative estimate of drug-likeness (QED) is 0.0524. The highest BCUT2D eigenvalue weighted by atomic mass is 16.8. The van der Waals surface area contributed by atoms with Gasteiger partial charge in [-0.3, -0.25) is 9.69 Å². The second kappa shape index (κ2) is 17.1. The second-order valence-corrected chi connectivity index (χ2v) is 16.9. The maximum atomic E-state index is 15.0. The fourth-order valence-corrected chi connectivity index (χ4v) is 10.5. The summed E-state index contributed by atoms with van der Waals surface area (Å²) in [5.41, 5.74) is 0.0516. The Kier molecular flexibility index (Phi) is 11.9. The molecule has 2 aliphatic carbocycles. The van der Waals surface area contributed by atoms with Gasteiger partial charge in [0.15, 0.2) is 23.1 Å². The Bertz CT molecular complexity index is 2410. The molecule has 1 aromatic heterocycles. The monoisotopic (exact) mass is 869 g/mol. The first-order chi connectivity index (χ1) is 30.2. The normalized spacial score (nSPS) is 28.7. The first-order valence-corrected chi connectivity index (χ1v) is 21.0. The third-order valence-corrected chi connectivity index (χ3v) is 13.3. The number of amides is 1. The number of aromatic amines is 1. The lowest BCUT2D eigenvalue weighted by atomic mass is 9.56. The fourth-order valence-electron chi connectivity index (χ4n) is 10.5. The molecule has 1 amide bonds. The van der Waals surface area contributed by atoms with Gasteiger partial charge in [-0.15, -0.1) is 0 Å². The van der Waals surface area contributed by atoms with Crippen molar-refractivity contribution in [3.05, 3.63) is 113 Å². The summed E-state index contributed by atoms with van der Waals surface area (Å²) in [5.74, 6) is -8.52. The maximum Gasteiger partial charge on any atom is 0.355 e. The smallest absolute Gasteiger partial charge is 0.355 e. The number of allylic oxidation sites excluding steroid dienone is 1. The fraction of sp³-hybridized carbons (Fsp3) is 0.413. The van der Waals surface area contributed by atoms with Crippen LogP contribution in [-0.2, 0) is 26.2 Å². The van der Waals surface area contributed by atoms with Gasteiger partial charge in [-0.25, -0.2) is 9.78 Å². The van der Waals surface area contributed by atoms with Gasteiger partial charge in [0.2, 0.25) is 0 Å². The van der Waals surface area contributed by atoms with Gasteiger partial charge in [-0.1, -0.05) is 49.1 Å². The Labute approximate surface area is 361 Å². The number of phenols is 3. The molecule has 0 bridgehead atoms. The molecule has 0 spiro atoms. The first-order valence-electron chi connectivity index (χ1n) is 21.0. The Balaban J connectivity index is 1.31. The van der Waals surface area contributed by atoms with Crippen molar-refractivity contribution in [1.82, 2.24) is 9.97 Å². The highest BCUT2D eigenvalue weighted by molar-refractivity contribution is 6.13. The molecule has 17 nitrogen and oxygen atoms in total. The van der Waals surface area contributed by atoms with Crippen LogP contribution in [0.3, 0.4) is 0 Å². The van der Waals surface area contributed by atoms with Crippen molar-refractivity contribution in [2.24, 2.45) is 5.92 Å². The van der Waals surface area contributed by atoms with E-state index in [1.165, 1.54) is 30.6 Å². The van der Waals surface area contributed by atoms with E-state index in [4.69, 9.17) is 9.47 Å². The number of aliphatic hydroxyl groups excluding tert-OH is 5. The van der Waals surface area contributed by atoms with Crippen LogP contribution in [0.15, 0.2) is 84.8 Å². The van der Waals surface area contributed by atoms with Gasteiger partial charge in [0, 0.05) is 59.5 Å². The Morgan fingerprint density at radius 2 is 1.70 bits per heavy atom. The van der Waals surface area contributed by atoms with Crippen LogP contribution in [-0.4, -0.2) is 122 Å². The molecule has 4 aliphatic rings. The number of ether oxygens (including phenoxy) is 2. The molecule has 1 saturated heterocycles. The standard InChI is InChI=1S/C46H51N3O14/c50-16-6-7-26-21-45(43(59)60)39(38(26)44(14-4-1-5-15-44)30-8-2-3-9-33(30)53)29-19-34(54)35(62-46(61)42(58)41(57)40(56)36(23-51)63-46)20-31(29)49(45)37(55)13-11-25-10-12-32(52)27(17-25)18-28-22-47-24-48-28/h2-3,8-13,17,19-22,24,36,38-42,50-54,56-58,61H,1,4-7,14-16,18,23H2,(H,47,48)(H,59,60)/b13-11+/t36-,38-,39+,40-,41+,42-,45-,46+/m1/s1. The van der Waals surface area contributed by atoms with E-state index >= 15 is 4.79 Å². The maximum absolute atomic E-state index is 15.0. The van der Waals surface area contributed by atoms with E-state index in [0.717, 1.165) is 35.9 Å². The number of carboxylic acid groups (broad SMARTS) is 1. The zero-order valence-corrected chi connectivity index (χ0v) is 34.1. The van der Waals surface area contributed by atoms with Crippen molar-refractivity contribution in [3.63, 3.8) is 0 Å². The minimum Gasteiger partial charge on any atom is -0.508 e. The third kappa shape index (κ3) is 7.42. The summed E-state index contributed by atoms with van der Waals surface area (Å²) >= 11 is 0. The zero-order chi connectivity index (χ0) is 44.8. The van der Waals surface area contributed by atoms with Gasteiger partial charge < -0.3 is 65.5 Å². The van der Waals surface area contributed by atoms with Crippen molar-refractivity contribution < 1.29 is 70.1 Å². The summed E-state index contributed by atoms with van der Waals surface area (Å²) in [6.45, 7) is -1.13. The van der Waals surface area contributed by atoms with Crippen LogP contribution in [0.25, 0.3) is 6.08 Å². The van der Waals surface area contributed by atoms with E-state index in [0.29, 0.717) is 41.5 Å². The van der Waals surface area contributed by atoms with Crippen LogP contribution in [0, 0.1) is 5.92 Å². The molecule has 0 unspecified atom stereocenters. The van der Waals surface area contributed by atoms with Crippen molar-refractivity contribution in [2.45, 2.75) is 98.6 Å². The van der Waals surface area contributed by atoms with Gasteiger partial charge in [-0.05, 0) is 79.1 Å². The number of anilines is 1. The Morgan fingerprint density at radius 1 is 0.937 bits per heavy atom. The van der Waals surface area contributed by atoms with Crippen molar-refractivity contribution in [2.75, 3.05) is 18.1 Å². The lowest BCUT2D eigenvalue weighted by molar-refractivity contribution is -0.422.